The third-order valence-electron chi connectivity index (χ3n) is 4.61. The second-order valence-electron chi connectivity index (χ2n) is 6.73. The lowest BCUT2D eigenvalue weighted by Crippen LogP contribution is -2.46. The number of sulfonamides is 1. The highest BCUT2D eigenvalue weighted by molar-refractivity contribution is 7.89. The molecule has 2 atom stereocenters. The lowest BCUT2D eigenvalue weighted by molar-refractivity contribution is 0.0696. The normalized spacial score (nSPS) is 20.7. The van der Waals surface area contributed by atoms with Crippen molar-refractivity contribution in [2.75, 3.05) is 19.6 Å². The molecule has 0 amide bonds. The van der Waals surface area contributed by atoms with E-state index >= 15 is 0 Å². The van der Waals surface area contributed by atoms with E-state index in [2.05, 4.69) is 16.5 Å². The molecule has 7 heteroatoms. The second kappa shape index (κ2) is 7.63. The van der Waals surface area contributed by atoms with E-state index in [1.54, 1.807) is 6.92 Å². The molecular weight excluding hydrogens is 328 g/mol. The highest BCUT2D eigenvalue weighted by atomic mass is 32.2. The van der Waals surface area contributed by atoms with E-state index in [0.29, 0.717) is 18.0 Å². The predicted molar refractivity (Wildman–Crippen MR) is 92.8 cm³/mol. The van der Waals surface area contributed by atoms with Crippen molar-refractivity contribution in [3.8, 4) is 0 Å². The van der Waals surface area contributed by atoms with Crippen LogP contribution in [0.4, 0.5) is 0 Å². The smallest absolute Gasteiger partial charge is 0.335 e. The Hall–Kier alpha value is -1.44. The fourth-order valence-electron chi connectivity index (χ4n) is 3.09. The molecule has 2 N–H and O–H groups in total. The Bertz CT molecular complexity index is 703. The zero-order chi connectivity index (χ0) is 17.9. The molecule has 1 fully saturated rings. The molecule has 6 nitrogen and oxygen atoms in total. The molecular formula is C17H26N2O4S. The first-order chi connectivity index (χ1) is 11.2. The molecule has 1 aromatic carbocycles. The fourth-order valence-corrected chi connectivity index (χ4v) is 4.48. The van der Waals surface area contributed by atoms with Crippen LogP contribution in [0, 0.1) is 12.8 Å². The molecule has 134 valence electrons. The van der Waals surface area contributed by atoms with Gasteiger partial charge in [0.05, 0.1) is 10.5 Å². The van der Waals surface area contributed by atoms with Crippen LogP contribution in [0.15, 0.2) is 23.1 Å². The van der Waals surface area contributed by atoms with Crippen molar-refractivity contribution < 1.29 is 18.3 Å². The van der Waals surface area contributed by atoms with Gasteiger partial charge in [-0.2, -0.15) is 0 Å². The van der Waals surface area contributed by atoms with Crippen molar-refractivity contribution in [3.63, 3.8) is 0 Å². The topological polar surface area (TPSA) is 86.7 Å². The van der Waals surface area contributed by atoms with Gasteiger partial charge in [0, 0.05) is 19.1 Å². The lowest BCUT2D eigenvalue weighted by atomic mass is 9.99. The SMILES string of the molecule is Cc1ccc(C(=O)O)cc1S(=O)(=O)NCC(C)N1CCCC(C)C1. The van der Waals surface area contributed by atoms with E-state index in [-0.39, 0.29) is 16.5 Å². The highest BCUT2D eigenvalue weighted by Crippen LogP contribution is 2.19. The number of carbonyl (C=O) groups is 1. The van der Waals surface area contributed by atoms with E-state index in [9.17, 15) is 13.2 Å². The first-order valence-electron chi connectivity index (χ1n) is 8.28. The van der Waals surface area contributed by atoms with Crippen molar-refractivity contribution in [3.05, 3.63) is 29.3 Å². The molecule has 0 bridgehead atoms. The Kier molecular flexibility index (Phi) is 6.01. The minimum atomic E-state index is -3.73. The van der Waals surface area contributed by atoms with Gasteiger partial charge in [-0.3, -0.25) is 4.90 Å². The Morgan fingerprint density at radius 2 is 2.17 bits per heavy atom. The van der Waals surface area contributed by atoms with Crippen molar-refractivity contribution in [2.45, 2.75) is 44.6 Å². The minimum Gasteiger partial charge on any atom is -0.478 e. The summed E-state index contributed by atoms with van der Waals surface area (Å²) in [6, 6.07) is 4.25. The van der Waals surface area contributed by atoms with Crippen LogP contribution in [0.5, 0.6) is 0 Å². The van der Waals surface area contributed by atoms with Gasteiger partial charge in [-0.1, -0.05) is 13.0 Å². The van der Waals surface area contributed by atoms with Crippen LogP contribution in [0.25, 0.3) is 0 Å². The third kappa shape index (κ3) is 4.55. The number of hydrogen-bond donors (Lipinski definition) is 2. The molecule has 1 saturated heterocycles. The van der Waals surface area contributed by atoms with Gasteiger partial charge in [0.25, 0.3) is 0 Å². The number of rotatable bonds is 6. The lowest BCUT2D eigenvalue weighted by Gasteiger charge is -2.35. The number of carboxylic acid groups (broad SMARTS) is 1. The molecule has 1 heterocycles. The number of nitrogens with one attached hydrogen (secondary N) is 1. The number of nitrogens with zero attached hydrogens (tertiary/aromatic N) is 1. The monoisotopic (exact) mass is 354 g/mol. The van der Waals surface area contributed by atoms with Crippen LogP contribution in [-0.2, 0) is 10.0 Å². The maximum Gasteiger partial charge on any atom is 0.335 e. The summed E-state index contributed by atoms with van der Waals surface area (Å²) in [5, 5.41) is 9.06. The summed E-state index contributed by atoms with van der Waals surface area (Å²) in [5.74, 6) is -0.505. The molecule has 24 heavy (non-hydrogen) atoms. The Balaban J connectivity index is 2.08. The van der Waals surface area contributed by atoms with E-state index in [4.69, 9.17) is 5.11 Å². The van der Waals surface area contributed by atoms with Gasteiger partial charge in [-0.15, -0.1) is 0 Å². The Morgan fingerprint density at radius 1 is 1.46 bits per heavy atom. The standard InChI is InChI=1S/C17H26N2O4S/c1-12-5-4-8-19(11-12)14(3)10-18-24(22,23)16-9-15(17(20)21)7-6-13(16)2/h6-7,9,12,14,18H,4-5,8,10-11H2,1-3H3,(H,20,21). The number of piperidine rings is 1. The average Bonchev–Trinajstić information content (AvgIpc) is 2.52. The molecule has 0 aromatic heterocycles. The van der Waals surface area contributed by atoms with Crippen LogP contribution in [-0.4, -0.2) is 50.1 Å². The number of carboxylic acids is 1. The summed E-state index contributed by atoms with van der Waals surface area (Å²) in [6.07, 6.45) is 2.36. The maximum absolute atomic E-state index is 12.6. The van der Waals surface area contributed by atoms with Gasteiger partial charge in [0.1, 0.15) is 0 Å². The van der Waals surface area contributed by atoms with Crippen LogP contribution in [0.2, 0.25) is 0 Å². The van der Waals surface area contributed by atoms with Crippen molar-refractivity contribution in [1.82, 2.24) is 9.62 Å². The molecule has 0 radical (unpaired) electrons. The van der Waals surface area contributed by atoms with Crippen molar-refractivity contribution >= 4 is 16.0 Å². The number of likely N-dealkylation sites (tertiary alicyclic amines) is 1. The Labute approximate surface area is 143 Å². The molecule has 0 spiro atoms. The van der Waals surface area contributed by atoms with Gasteiger partial charge < -0.3 is 5.11 Å². The maximum atomic E-state index is 12.6. The molecule has 0 saturated carbocycles. The van der Waals surface area contributed by atoms with E-state index in [1.807, 2.05) is 6.92 Å². The predicted octanol–water partition coefficient (Wildman–Crippen LogP) is 2.09. The highest BCUT2D eigenvalue weighted by Gasteiger charge is 2.24. The number of aromatic carboxylic acids is 1. The average molecular weight is 354 g/mol. The summed E-state index contributed by atoms with van der Waals surface area (Å²) in [6.45, 7) is 8.17. The Morgan fingerprint density at radius 3 is 2.79 bits per heavy atom. The number of hydrogen-bond acceptors (Lipinski definition) is 4. The van der Waals surface area contributed by atoms with Gasteiger partial charge in [-0.25, -0.2) is 17.9 Å². The molecule has 2 rings (SSSR count). The van der Waals surface area contributed by atoms with Crippen molar-refractivity contribution in [1.29, 1.82) is 0 Å². The van der Waals surface area contributed by atoms with Crippen LogP contribution in [0.3, 0.4) is 0 Å². The largest absolute Gasteiger partial charge is 0.478 e. The third-order valence-corrected chi connectivity index (χ3v) is 6.17. The zero-order valence-corrected chi connectivity index (χ0v) is 15.3. The van der Waals surface area contributed by atoms with Gasteiger partial charge >= 0.3 is 5.97 Å². The summed E-state index contributed by atoms with van der Waals surface area (Å²) < 4.78 is 27.7. The first-order valence-corrected chi connectivity index (χ1v) is 9.76. The van der Waals surface area contributed by atoms with Gasteiger partial charge in [0.2, 0.25) is 10.0 Å². The molecule has 1 aliphatic heterocycles. The fraction of sp³-hybridized carbons (Fsp3) is 0.588. The van der Waals surface area contributed by atoms with Crippen LogP contribution in [0.1, 0.15) is 42.6 Å². The van der Waals surface area contributed by atoms with E-state index in [0.717, 1.165) is 19.5 Å². The molecule has 0 aliphatic carbocycles. The van der Waals surface area contributed by atoms with E-state index < -0.39 is 16.0 Å². The van der Waals surface area contributed by atoms with E-state index in [1.165, 1.54) is 24.6 Å². The number of benzene rings is 1. The van der Waals surface area contributed by atoms with Gasteiger partial charge in [-0.05, 0) is 56.8 Å². The summed E-state index contributed by atoms with van der Waals surface area (Å²) in [7, 11) is -3.73. The summed E-state index contributed by atoms with van der Waals surface area (Å²) in [5.41, 5.74) is 0.505. The number of aryl methyl sites for hydroxylation is 1. The van der Waals surface area contributed by atoms with Gasteiger partial charge in [0.15, 0.2) is 0 Å². The summed E-state index contributed by atoms with van der Waals surface area (Å²) in [4.78, 5) is 13.4. The zero-order valence-electron chi connectivity index (χ0n) is 14.4. The minimum absolute atomic E-state index is 0.0288. The van der Waals surface area contributed by atoms with Crippen LogP contribution < -0.4 is 4.72 Å². The van der Waals surface area contributed by atoms with Crippen molar-refractivity contribution in [2.24, 2.45) is 5.92 Å². The molecule has 1 aliphatic rings. The van der Waals surface area contributed by atoms with Crippen LogP contribution >= 0.6 is 0 Å². The molecule has 2 unspecified atom stereocenters. The first kappa shape index (κ1) is 18.9. The quantitative estimate of drug-likeness (QED) is 0.817. The molecule has 1 aromatic rings. The second-order valence-corrected chi connectivity index (χ2v) is 8.46. The summed E-state index contributed by atoms with van der Waals surface area (Å²) >= 11 is 0.